The summed E-state index contributed by atoms with van der Waals surface area (Å²) < 4.78 is 26.8. The van der Waals surface area contributed by atoms with Crippen molar-refractivity contribution in [3.05, 3.63) is 23.8 Å². The molecule has 1 aromatic rings. The van der Waals surface area contributed by atoms with E-state index in [2.05, 4.69) is 9.62 Å². The fraction of sp³-hybridized carbons (Fsp3) is 0.571. The number of nitrogens with zero attached hydrogens (tertiary/aromatic N) is 1. The van der Waals surface area contributed by atoms with Crippen LogP contribution in [0.1, 0.15) is 25.3 Å². The van der Waals surface area contributed by atoms with Gasteiger partial charge < -0.3 is 10.6 Å². The highest BCUT2D eigenvalue weighted by molar-refractivity contribution is 7.89. The van der Waals surface area contributed by atoms with E-state index in [9.17, 15) is 8.42 Å². The lowest BCUT2D eigenvalue weighted by Crippen LogP contribution is -2.25. The van der Waals surface area contributed by atoms with Crippen molar-refractivity contribution in [3.8, 4) is 0 Å². The quantitative estimate of drug-likeness (QED) is 0.563. The maximum Gasteiger partial charge on any atom is 0.240 e. The molecule has 0 aliphatic heterocycles. The molecule has 0 fully saturated rings. The van der Waals surface area contributed by atoms with E-state index in [1.54, 1.807) is 12.1 Å². The molecule has 0 unspecified atom stereocenters. The molecule has 1 rings (SSSR count). The predicted octanol–water partition coefficient (Wildman–Crippen LogP) is 1.45. The zero-order valence-corrected chi connectivity index (χ0v) is 13.3. The Kier molecular flexibility index (Phi) is 6.45. The third-order valence-electron chi connectivity index (χ3n) is 3.13. The molecule has 0 saturated heterocycles. The van der Waals surface area contributed by atoms with Crippen molar-refractivity contribution in [2.45, 2.75) is 31.1 Å². The Labute approximate surface area is 122 Å². The van der Waals surface area contributed by atoms with Crippen molar-refractivity contribution in [1.29, 1.82) is 0 Å². The molecular formula is C14H25N3O2S. The average Bonchev–Trinajstić information content (AvgIpc) is 2.37. The summed E-state index contributed by atoms with van der Waals surface area (Å²) in [5.74, 6) is 0. The summed E-state index contributed by atoms with van der Waals surface area (Å²) in [5, 5.41) is 0. The smallest absolute Gasteiger partial charge is 0.240 e. The standard InChI is InChI=1S/C14H25N3O2S/c1-4-12-7-8-13(11-14(12)15)20(18,19)16-9-5-6-10-17(2)3/h7-8,11,16H,4-6,9-10,15H2,1-3H3. The van der Waals surface area contributed by atoms with Crippen molar-refractivity contribution in [1.82, 2.24) is 9.62 Å². The van der Waals surface area contributed by atoms with Crippen LogP contribution in [0.25, 0.3) is 0 Å². The number of aryl methyl sites for hydroxylation is 1. The maximum atomic E-state index is 12.1. The van der Waals surface area contributed by atoms with E-state index in [1.807, 2.05) is 21.0 Å². The van der Waals surface area contributed by atoms with Crippen LogP contribution in [0.3, 0.4) is 0 Å². The van der Waals surface area contributed by atoms with Gasteiger partial charge in [-0.05, 0) is 57.6 Å². The van der Waals surface area contributed by atoms with E-state index < -0.39 is 10.0 Å². The molecule has 6 heteroatoms. The van der Waals surface area contributed by atoms with Crippen LogP contribution < -0.4 is 10.5 Å². The van der Waals surface area contributed by atoms with E-state index in [0.29, 0.717) is 12.2 Å². The number of hydrogen-bond acceptors (Lipinski definition) is 4. The molecule has 0 aliphatic carbocycles. The monoisotopic (exact) mass is 299 g/mol. The summed E-state index contributed by atoms with van der Waals surface area (Å²) in [6.07, 6.45) is 2.58. The van der Waals surface area contributed by atoms with Gasteiger partial charge in [0, 0.05) is 12.2 Å². The normalized spacial score (nSPS) is 12.0. The number of nitrogens with two attached hydrogens (primary N) is 1. The Morgan fingerprint density at radius 1 is 1.25 bits per heavy atom. The highest BCUT2D eigenvalue weighted by Crippen LogP contribution is 2.18. The van der Waals surface area contributed by atoms with Gasteiger partial charge in [-0.15, -0.1) is 0 Å². The third-order valence-corrected chi connectivity index (χ3v) is 4.59. The number of unbranched alkanes of at least 4 members (excludes halogenated alkanes) is 1. The molecule has 0 radical (unpaired) electrons. The molecule has 0 bridgehead atoms. The highest BCUT2D eigenvalue weighted by atomic mass is 32.2. The topological polar surface area (TPSA) is 75.4 Å². The number of anilines is 1. The van der Waals surface area contributed by atoms with Gasteiger partial charge in [0.15, 0.2) is 0 Å². The summed E-state index contributed by atoms with van der Waals surface area (Å²) in [6, 6.07) is 4.91. The number of nitrogen functional groups attached to an aromatic ring is 1. The minimum atomic E-state index is -3.45. The highest BCUT2D eigenvalue weighted by Gasteiger charge is 2.14. The lowest BCUT2D eigenvalue weighted by atomic mass is 10.1. The zero-order valence-electron chi connectivity index (χ0n) is 12.5. The number of sulfonamides is 1. The summed E-state index contributed by atoms with van der Waals surface area (Å²) in [4.78, 5) is 2.32. The van der Waals surface area contributed by atoms with Gasteiger partial charge in [0.25, 0.3) is 0 Å². The number of rotatable bonds is 8. The summed E-state index contributed by atoms with van der Waals surface area (Å²) in [5.41, 5.74) is 7.34. The van der Waals surface area contributed by atoms with Crippen LogP contribution in [0.2, 0.25) is 0 Å². The summed E-state index contributed by atoms with van der Waals surface area (Å²) in [7, 11) is 0.552. The molecule has 0 spiro atoms. The minimum absolute atomic E-state index is 0.236. The summed E-state index contributed by atoms with van der Waals surface area (Å²) >= 11 is 0. The zero-order chi connectivity index (χ0) is 15.2. The van der Waals surface area contributed by atoms with Crippen LogP contribution in [-0.4, -0.2) is 40.5 Å². The first-order chi connectivity index (χ1) is 9.36. The minimum Gasteiger partial charge on any atom is -0.398 e. The second-order valence-electron chi connectivity index (χ2n) is 5.12. The molecule has 20 heavy (non-hydrogen) atoms. The van der Waals surface area contributed by atoms with Gasteiger partial charge in [-0.3, -0.25) is 0 Å². The predicted molar refractivity (Wildman–Crippen MR) is 83.2 cm³/mol. The van der Waals surface area contributed by atoms with Gasteiger partial charge in [-0.2, -0.15) is 0 Å². The van der Waals surface area contributed by atoms with E-state index in [0.717, 1.165) is 31.4 Å². The van der Waals surface area contributed by atoms with E-state index in [1.165, 1.54) is 6.07 Å². The number of hydrogen-bond donors (Lipinski definition) is 2. The van der Waals surface area contributed by atoms with Gasteiger partial charge in [0.05, 0.1) is 4.90 Å². The van der Waals surface area contributed by atoms with Crippen LogP contribution >= 0.6 is 0 Å². The first kappa shape index (κ1) is 16.9. The van der Waals surface area contributed by atoms with Gasteiger partial charge in [0.1, 0.15) is 0 Å². The molecule has 0 amide bonds. The van der Waals surface area contributed by atoms with Gasteiger partial charge in [0.2, 0.25) is 10.0 Å². The van der Waals surface area contributed by atoms with Crippen molar-refractivity contribution in [2.75, 3.05) is 32.9 Å². The Morgan fingerprint density at radius 3 is 2.50 bits per heavy atom. The first-order valence-electron chi connectivity index (χ1n) is 6.89. The van der Waals surface area contributed by atoms with E-state index in [4.69, 9.17) is 5.73 Å². The fourth-order valence-corrected chi connectivity index (χ4v) is 3.01. The molecule has 0 aromatic heterocycles. The van der Waals surface area contributed by atoms with E-state index in [-0.39, 0.29) is 4.90 Å². The Morgan fingerprint density at radius 2 is 1.95 bits per heavy atom. The second kappa shape index (κ2) is 7.61. The third kappa shape index (κ3) is 5.11. The van der Waals surface area contributed by atoms with Gasteiger partial charge in [-0.25, -0.2) is 13.1 Å². The molecule has 3 N–H and O–H groups in total. The van der Waals surface area contributed by atoms with Gasteiger partial charge in [-0.1, -0.05) is 13.0 Å². The maximum absolute atomic E-state index is 12.1. The van der Waals surface area contributed by atoms with Crippen molar-refractivity contribution in [2.24, 2.45) is 0 Å². The van der Waals surface area contributed by atoms with Crippen molar-refractivity contribution in [3.63, 3.8) is 0 Å². The number of nitrogens with one attached hydrogen (secondary N) is 1. The largest absolute Gasteiger partial charge is 0.398 e. The van der Waals surface area contributed by atoms with Crippen LogP contribution in [0.4, 0.5) is 5.69 Å². The molecule has 5 nitrogen and oxygen atoms in total. The Balaban J connectivity index is 2.58. The lowest BCUT2D eigenvalue weighted by Gasteiger charge is -2.11. The Bertz CT molecular complexity index is 527. The van der Waals surface area contributed by atoms with Crippen LogP contribution in [0.15, 0.2) is 23.1 Å². The SMILES string of the molecule is CCc1ccc(S(=O)(=O)NCCCCN(C)C)cc1N. The fourth-order valence-electron chi connectivity index (χ4n) is 1.91. The molecular weight excluding hydrogens is 274 g/mol. The molecule has 114 valence electrons. The van der Waals surface area contributed by atoms with Crippen molar-refractivity contribution >= 4 is 15.7 Å². The molecule has 0 heterocycles. The molecule has 0 saturated carbocycles. The van der Waals surface area contributed by atoms with Crippen LogP contribution in [0, 0.1) is 0 Å². The first-order valence-corrected chi connectivity index (χ1v) is 8.38. The van der Waals surface area contributed by atoms with Crippen molar-refractivity contribution < 1.29 is 8.42 Å². The molecule has 0 atom stereocenters. The average molecular weight is 299 g/mol. The van der Waals surface area contributed by atoms with E-state index >= 15 is 0 Å². The van der Waals surface area contributed by atoms with Gasteiger partial charge >= 0.3 is 0 Å². The second-order valence-corrected chi connectivity index (χ2v) is 6.89. The molecule has 1 aromatic carbocycles. The lowest BCUT2D eigenvalue weighted by molar-refractivity contribution is 0.394. The number of benzene rings is 1. The Hall–Kier alpha value is -1.11. The summed E-state index contributed by atoms with van der Waals surface area (Å²) in [6.45, 7) is 3.40. The van der Waals surface area contributed by atoms with Crippen LogP contribution in [-0.2, 0) is 16.4 Å². The van der Waals surface area contributed by atoms with Crippen LogP contribution in [0.5, 0.6) is 0 Å². The molecule has 0 aliphatic rings.